The van der Waals surface area contributed by atoms with Crippen LogP contribution in [-0.4, -0.2) is 32.5 Å². The number of nitrogen functional groups attached to an aromatic ring is 1. The smallest absolute Gasteiger partial charge is 0.0981 e. The second kappa shape index (κ2) is 5.00. The average molecular weight is 208 g/mol. The van der Waals surface area contributed by atoms with Gasteiger partial charge in [-0.15, -0.1) is 0 Å². The maximum Gasteiger partial charge on any atom is 0.0981 e. The number of nitrogens with one attached hydrogen (secondary N) is 1. The van der Waals surface area contributed by atoms with Gasteiger partial charge in [0.1, 0.15) is 0 Å². The summed E-state index contributed by atoms with van der Waals surface area (Å²) in [5, 5.41) is 3.25. The first kappa shape index (κ1) is 10.3. The largest absolute Gasteiger partial charge is 0.397 e. The Morgan fingerprint density at radius 2 is 2.20 bits per heavy atom. The Balaban J connectivity index is 1.84. The Hall–Kier alpha value is -1.26. The predicted molar refractivity (Wildman–Crippen MR) is 59.9 cm³/mol. The number of nitrogens with two attached hydrogens (primary N) is 1. The number of hydrogen-bond acceptors (Lipinski definition) is 4. The minimum Gasteiger partial charge on any atom is -0.397 e. The summed E-state index contributed by atoms with van der Waals surface area (Å²) in [6.07, 6.45) is 0.123. The highest BCUT2D eigenvalue weighted by molar-refractivity contribution is 5.65. The molecule has 0 aromatic heterocycles. The molecule has 0 saturated carbocycles. The van der Waals surface area contributed by atoms with Crippen molar-refractivity contribution in [2.45, 2.75) is 6.10 Å². The van der Waals surface area contributed by atoms with E-state index < -0.39 is 0 Å². The summed E-state index contributed by atoms with van der Waals surface area (Å²) in [4.78, 5) is 0. The lowest BCUT2D eigenvalue weighted by Crippen LogP contribution is -2.34. The van der Waals surface area contributed by atoms with E-state index in [1.54, 1.807) is 0 Å². The van der Waals surface area contributed by atoms with Gasteiger partial charge in [-0.2, -0.15) is 0 Å². The minimum absolute atomic E-state index is 0.123. The summed E-state index contributed by atoms with van der Waals surface area (Å²) in [6.45, 7) is 2.76. The third kappa shape index (κ3) is 2.84. The Kier molecular flexibility index (Phi) is 3.42. The van der Waals surface area contributed by atoms with Gasteiger partial charge in [0, 0.05) is 6.54 Å². The fourth-order valence-electron chi connectivity index (χ4n) is 1.54. The summed E-state index contributed by atoms with van der Waals surface area (Å²) in [5.74, 6) is 0. The van der Waals surface area contributed by atoms with E-state index in [0.29, 0.717) is 19.8 Å². The number of benzene rings is 1. The number of rotatable bonds is 3. The molecule has 15 heavy (non-hydrogen) atoms. The van der Waals surface area contributed by atoms with Gasteiger partial charge in [-0.05, 0) is 12.1 Å². The molecule has 1 heterocycles. The first-order valence-corrected chi connectivity index (χ1v) is 5.14. The first-order valence-electron chi connectivity index (χ1n) is 5.14. The molecule has 1 aromatic carbocycles. The van der Waals surface area contributed by atoms with Gasteiger partial charge in [0.05, 0.1) is 37.3 Å². The van der Waals surface area contributed by atoms with Crippen LogP contribution < -0.4 is 11.1 Å². The van der Waals surface area contributed by atoms with E-state index in [4.69, 9.17) is 15.2 Å². The Bertz CT molecular complexity index is 311. The molecule has 3 N–H and O–H groups in total. The van der Waals surface area contributed by atoms with Crippen LogP contribution in [0.2, 0.25) is 0 Å². The van der Waals surface area contributed by atoms with Crippen molar-refractivity contribution >= 4 is 11.4 Å². The van der Waals surface area contributed by atoms with Crippen LogP contribution in [0, 0.1) is 0 Å². The molecular formula is C11H16N2O2. The fraction of sp³-hybridized carbons (Fsp3) is 0.455. The minimum atomic E-state index is 0.123. The number of ether oxygens (including phenoxy) is 2. The van der Waals surface area contributed by atoms with Crippen molar-refractivity contribution < 1.29 is 9.47 Å². The third-order valence-electron chi connectivity index (χ3n) is 2.37. The highest BCUT2D eigenvalue weighted by Crippen LogP contribution is 2.16. The van der Waals surface area contributed by atoms with Gasteiger partial charge in [0.2, 0.25) is 0 Å². The van der Waals surface area contributed by atoms with Gasteiger partial charge in [-0.1, -0.05) is 12.1 Å². The molecule has 2 rings (SSSR count). The standard InChI is InChI=1S/C11H16N2O2/c12-10-3-1-2-4-11(10)13-7-9-8-14-5-6-15-9/h1-4,9,13H,5-8,12H2. The van der Waals surface area contributed by atoms with E-state index in [2.05, 4.69) is 5.32 Å². The molecule has 4 heteroatoms. The van der Waals surface area contributed by atoms with Crippen LogP contribution >= 0.6 is 0 Å². The van der Waals surface area contributed by atoms with Crippen molar-refractivity contribution in [3.8, 4) is 0 Å². The molecule has 1 aromatic rings. The molecule has 82 valence electrons. The van der Waals surface area contributed by atoms with Crippen molar-refractivity contribution in [1.29, 1.82) is 0 Å². The Morgan fingerprint density at radius 3 is 2.93 bits per heavy atom. The van der Waals surface area contributed by atoms with Gasteiger partial charge < -0.3 is 20.5 Å². The maximum absolute atomic E-state index is 5.80. The fourth-order valence-corrected chi connectivity index (χ4v) is 1.54. The van der Waals surface area contributed by atoms with E-state index >= 15 is 0 Å². The predicted octanol–water partition coefficient (Wildman–Crippen LogP) is 1.10. The third-order valence-corrected chi connectivity index (χ3v) is 2.37. The highest BCUT2D eigenvalue weighted by Gasteiger charge is 2.13. The summed E-state index contributed by atoms with van der Waals surface area (Å²) < 4.78 is 10.8. The molecule has 0 aliphatic carbocycles. The first-order chi connectivity index (χ1) is 7.36. The van der Waals surface area contributed by atoms with Crippen LogP contribution in [0.4, 0.5) is 11.4 Å². The quantitative estimate of drug-likeness (QED) is 0.730. The zero-order valence-electron chi connectivity index (χ0n) is 8.61. The molecule has 1 fully saturated rings. The van der Waals surface area contributed by atoms with Gasteiger partial charge in [0.25, 0.3) is 0 Å². The Labute approximate surface area is 89.4 Å². The van der Waals surface area contributed by atoms with E-state index in [1.807, 2.05) is 24.3 Å². The molecule has 1 atom stereocenters. The van der Waals surface area contributed by atoms with Crippen LogP contribution in [0.5, 0.6) is 0 Å². The van der Waals surface area contributed by atoms with E-state index in [1.165, 1.54) is 0 Å². The van der Waals surface area contributed by atoms with E-state index in [0.717, 1.165) is 17.9 Å². The Morgan fingerprint density at radius 1 is 1.33 bits per heavy atom. The molecule has 0 radical (unpaired) electrons. The van der Waals surface area contributed by atoms with Gasteiger partial charge in [0.15, 0.2) is 0 Å². The van der Waals surface area contributed by atoms with Crippen LogP contribution in [-0.2, 0) is 9.47 Å². The average Bonchev–Trinajstić information content (AvgIpc) is 2.29. The molecular weight excluding hydrogens is 192 g/mol. The second-order valence-electron chi connectivity index (χ2n) is 3.54. The normalized spacial score (nSPS) is 21.2. The summed E-state index contributed by atoms with van der Waals surface area (Å²) in [5.41, 5.74) is 7.51. The lowest BCUT2D eigenvalue weighted by Gasteiger charge is -2.23. The van der Waals surface area contributed by atoms with Crippen LogP contribution in [0.1, 0.15) is 0 Å². The van der Waals surface area contributed by atoms with Crippen molar-refractivity contribution in [2.24, 2.45) is 0 Å². The lowest BCUT2D eigenvalue weighted by molar-refractivity contribution is -0.0818. The number of anilines is 2. The van der Waals surface area contributed by atoms with Gasteiger partial charge >= 0.3 is 0 Å². The summed E-state index contributed by atoms with van der Waals surface area (Å²) in [7, 11) is 0. The lowest BCUT2D eigenvalue weighted by atomic mass is 10.2. The number of hydrogen-bond donors (Lipinski definition) is 2. The molecule has 1 saturated heterocycles. The van der Waals surface area contributed by atoms with E-state index in [-0.39, 0.29) is 6.10 Å². The highest BCUT2D eigenvalue weighted by atomic mass is 16.6. The van der Waals surface area contributed by atoms with Gasteiger partial charge in [-0.3, -0.25) is 0 Å². The summed E-state index contributed by atoms with van der Waals surface area (Å²) >= 11 is 0. The molecule has 0 spiro atoms. The summed E-state index contributed by atoms with van der Waals surface area (Å²) in [6, 6.07) is 7.71. The molecule has 0 bridgehead atoms. The van der Waals surface area contributed by atoms with E-state index in [9.17, 15) is 0 Å². The molecule has 1 aliphatic heterocycles. The zero-order chi connectivity index (χ0) is 10.5. The van der Waals surface area contributed by atoms with Crippen molar-refractivity contribution in [3.63, 3.8) is 0 Å². The van der Waals surface area contributed by atoms with Crippen molar-refractivity contribution in [2.75, 3.05) is 37.4 Å². The van der Waals surface area contributed by atoms with Crippen LogP contribution in [0.15, 0.2) is 24.3 Å². The number of para-hydroxylation sites is 2. The van der Waals surface area contributed by atoms with Gasteiger partial charge in [-0.25, -0.2) is 0 Å². The van der Waals surface area contributed by atoms with Crippen molar-refractivity contribution in [3.05, 3.63) is 24.3 Å². The second-order valence-corrected chi connectivity index (χ2v) is 3.54. The molecule has 4 nitrogen and oxygen atoms in total. The van der Waals surface area contributed by atoms with Crippen molar-refractivity contribution in [1.82, 2.24) is 0 Å². The molecule has 0 amide bonds. The SMILES string of the molecule is Nc1ccccc1NCC1COCCO1. The monoisotopic (exact) mass is 208 g/mol. The van der Waals surface area contributed by atoms with Crippen LogP contribution in [0.25, 0.3) is 0 Å². The zero-order valence-corrected chi connectivity index (χ0v) is 8.61. The molecule has 1 unspecified atom stereocenters. The molecule has 1 aliphatic rings. The maximum atomic E-state index is 5.80. The van der Waals surface area contributed by atoms with Crippen LogP contribution in [0.3, 0.4) is 0 Å². The topological polar surface area (TPSA) is 56.5 Å².